The number of amides is 1. The monoisotopic (exact) mass is 211 g/mol. The van der Waals surface area contributed by atoms with Gasteiger partial charge in [-0.2, -0.15) is 0 Å². The maximum Gasteiger partial charge on any atom is 0.256 e. The van der Waals surface area contributed by atoms with Gasteiger partial charge in [0.15, 0.2) is 11.6 Å². The highest BCUT2D eigenvalue weighted by Gasteiger charge is 2.17. The SMILES string of the molecule is C=CCN(C)C(=O)c1cccc(F)c1F. The molecule has 0 heterocycles. The predicted molar refractivity (Wildman–Crippen MR) is 53.5 cm³/mol. The highest BCUT2D eigenvalue weighted by Crippen LogP contribution is 2.13. The van der Waals surface area contributed by atoms with E-state index in [9.17, 15) is 13.6 Å². The van der Waals surface area contributed by atoms with Gasteiger partial charge in [-0.1, -0.05) is 12.1 Å². The summed E-state index contributed by atoms with van der Waals surface area (Å²) in [6, 6.07) is 3.52. The summed E-state index contributed by atoms with van der Waals surface area (Å²) in [7, 11) is 1.49. The molecule has 0 unspecified atom stereocenters. The van der Waals surface area contributed by atoms with Crippen molar-refractivity contribution in [2.75, 3.05) is 13.6 Å². The number of carbonyl (C=O) groups is 1. The fourth-order valence-corrected chi connectivity index (χ4v) is 1.15. The second-order valence-corrected chi connectivity index (χ2v) is 3.08. The summed E-state index contributed by atoms with van der Waals surface area (Å²) in [6.45, 7) is 3.74. The Balaban J connectivity index is 3.01. The van der Waals surface area contributed by atoms with Crippen LogP contribution in [-0.4, -0.2) is 24.4 Å². The summed E-state index contributed by atoms with van der Waals surface area (Å²) in [4.78, 5) is 12.8. The zero-order valence-corrected chi connectivity index (χ0v) is 8.34. The Labute approximate surface area is 86.8 Å². The summed E-state index contributed by atoms with van der Waals surface area (Å²) in [5.41, 5.74) is -0.264. The third-order valence-electron chi connectivity index (χ3n) is 1.93. The lowest BCUT2D eigenvalue weighted by molar-refractivity contribution is 0.0804. The van der Waals surface area contributed by atoms with Crippen LogP contribution in [0.15, 0.2) is 30.9 Å². The predicted octanol–water partition coefficient (Wildman–Crippen LogP) is 2.22. The Morgan fingerprint density at radius 2 is 2.20 bits per heavy atom. The van der Waals surface area contributed by atoms with Crippen LogP contribution in [-0.2, 0) is 0 Å². The lowest BCUT2D eigenvalue weighted by Crippen LogP contribution is -2.27. The van der Waals surface area contributed by atoms with Crippen molar-refractivity contribution in [3.63, 3.8) is 0 Å². The van der Waals surface area contributed by atoms with E-state index in [-0.39, 0.29) is 12.1 Å². The maximum atomic E-state index is 13.2. The lowest BCUT2D eigenvalue weighted by Gasteiger charge is -2.15. The zero-order chi connectivity index (χ0) is 11.4. The van der Waals surface area contributed by atoms with Crippen LogP contribution in [0.4, 0.5) is 8.78 Å². The second kappa shape index (κ2) is 4.68. The van der Waals surface area contributed by atoms with Crippen LogP contribution >= 0.6 is 0 Å². The smallest absolute Gasteiger partial charge is 0.256 e. The van der Waals surface area contributed by atoms with Crippen LogP contribution in [0, 0.1) is 11.6 Å². The van der Waals surface area contributed by atoms with Crippen LogP contribution < -0.4 is 0 Å². The summed E-state index contributed by atoms with van der Waals surface area (Å²) < 4.78 is 26.0. The molecule has 2 nitrogen and oxygen atoms in total. The highest BCUT2D eigenvalue weighted by molar-refractivity contribution is 5.94. The molecular weight excluding hydrogens is 200 g/mol. The molecule has 0 aromatic heterocycles. The Bertz CT molecular complexity index is 390. The van der Waals surface area contributed by atoms with Crippen molar-refractivity contribution in [3.8, 4) is 0 Å². The Hall–Kier alpha value is -1.71. The summed E-state index contributed by atoms with van der Waals surface area (Å²) in [5.74, 6) is -2.70. The number of hydrogen-bond acceptors (Lipinski definition) is 1. The molecule has 0 N–H and O–H groups in total. The van der Waals surface area contributed by atoms with Gasteiger partial charge in [0, 0.05) is 13.6 Å². The third-order valence-corrected chi connectivity index (χ3v) is 1.93. The molecule has 0 aliphatic carbocycles. The van der Waals surface area contributed by atoms with Crippen LogP contribution in [0.1, 0.15) is 10.4 Å². The number of benzene rings is 1. The van der Waals surface area contributed by atoms with E-state index in [0.717, 1.165) is 6.07 Å². The van der Waals surface area contributed by atoms with E-state index in [0.29, 0.717) is 0 Å². The van der Waals surface area contributed by atoms with Crippen molar-refractivity contribution in [3.05, 3.63) is 48.1 Å². The van der Waals surface area contributed by atoms with Gasteiger partial charge in [-0.15, -0.1) is 6.58 Å². The van der Waals surface area contributed by atoms with Crippen molar-refractivity contribution in [2.24, 2.45) is 0 Å². The summed E-state index contributed by atoms with van der Waals surface area (Å²) in [6.07, 6.45) is 1.51. The Morgan fingerprint density at radius 1 is 1.53 bits per heavy atom. The van der Waals surface area contributed by atoms with Crippen molar-refractivity contribution >= 4 is 5.91 Å². The van der Waals surface area contributed by atoms with Gasteiger partial charge in [-0.25, -0.2) is 8.78 Å². The highest BCUT2D eigenvalue weighted by atomic mass is 19.2. The molecule has 0 radical (unpaired) electrons. The molecule has 1 aromatic carbocycles. The van der Waals surface area contributed by atoms with Crippen molar-refractivity contribution < 1.29 is 13.6 Å². The molecule has 0 spiro atoms. The molecule has 1 aromatic rings. The molecule has 1 amide bonds. The summed E-state index contributed by atoms with van der Waals surface area (Å²) >= 11 is 0. The molecule has 0 aliphatic rings. The molecule has 0 bridgehead atoms. The van der Waals surface area contributed by atoms with Crippen LogP contribution in [0.5, 0.6) is 0 Å². The van der Waals surface area contributed by atoms with Crippen molar-refractivity contribution in [2.45, 2.75) is 0 Å². The first-order valence-corrected chi connectivity index (χ1v) is 4.38. The first-order valence-electron chi connectivity index (χ1n) is 4.38. The van der Waals surface area contributed by atoms with Crippen molar-refractivity contribution in [1.29, 1.82) is 0 Å². The average Bonchev–Trinajstić information content (AvgIpc) is 2.21. The fourth-order valence-electron chi connectivity index (χ4n) is 1.15. The van der Waals surface area contributed by atoms with Crippen molar-refractivity contribution in [1.82, 2.24) is 4.90 Å². The van der Waals surface area contributed by atoms with E-state index < -0.39 is 17.5 Å². The van der Waals surface area contributed by atoms with E-state index in [1.807, 2.05) is 0 Å². The van der Waals surface area contributed by atoms with E-state index in [2.05, 4.69) is 6.58 Å². The minimum Gasteiger partial charge on any atom is -0.338 e. The topological polar surface area (TPSA) is 20.3 Å². The average molecular weight is 211 g/mol. The van der Waals surface area contributed by atoms with Gasteiger partial charge in [0.1, 0.15) is 0 Å². The van der Waals surface area contributed by atoms with E-state index in [1.54, 1.807) is 0 Å². The number of hydrogen-bond donors (Lipinski definition) is 0. The molecule has 4 heteroatoms. The van der Waals surface area contributed by atoms with Crippen LogP contribution in [0.2, 0.25) is 0 Å². The second-order valence-electron chi connectivity index (χ2n) is 3.08. The largest absolute Gasteiger partial charge is 0.338 e. The summed E-state index contributed by atoms with van der Waals surface area (Å²) in [5, 5.41) is 0. The number of carbonyl (C=O) groups excluding carboxylic acids is 1. The van der Waals surface area contributed by atoms with Gasteiger partial charge in [-0.3, -0.25) is 4.79 Å². The van der Waals surface area contributed by atoms with Gasteiger partial charge in [0.25, 0.3) is 5.91 Å². The molecule has 0 fully saturated rings. The molecule has 1 rings (SSSR count). The number of likely N-dealkylation sites (N-methyl/N-ethyl adjacent to an activating group) is 1. The number of halogens is 2. The molecule has 0 saturated carbocycles. The first-order chi connectivity index (χ1) is 7.07. The number of nitrogens with zero attached hydrogens (tertiary/aromatic N) is 1. The Morgan fingerprint density at radius 3 is 2.80 bits per heavy atom. The first kappa shape index (κ1) is 11.4. The van der Waals surface area contributed by atoms with Gasteiger partial charge in [0.2, 0.25) is 0 Å². The van der Waals surface area contributed by atoms with Gasteiger partial charge in [-0.05, 0) is 12.1 Å². The molecule has 15 heavy (non-hydrogen) atoms. The van der Waals surface area contributed by atoms with Crippen LogP contribution in [0.3, 0.4) is 0 Å². The molecule has 0 saturated heterocycles. The third kappa shape index (κ3) is 2.40. The minimum absolute atomic E-state index is 0.264. The molecule has 0 atom stereocenters. The van der Waals surface area contributed by atoms with Crippen LogP contribution in [0.25, 0.3) is 0 Å². The van der Waals surface area contributed by atoms with E-state index in [4.69, 9.17) is 0 Å². The lowest BCUT2D eigenvalue weighted by atomic mass is 10.2. The molecule has 0 aliphatic heterocycles. The molecule has 80 valence electrons. The van der Waals surface area contributed by atoms with E-state index >= 15 is 0 Å². The van der Waals surface area contributed by atoms with E-state index in [1.165, 1.54) is 30.2 Å². The zero-order valence-electron chi connectivity index (χ0n) is 8.34. The number of rotatable bonds is 3. The van der Waals surface area contributed by atoms with Gasteiger partial charge >= 0.3 is 0 Å². The normalized spacial score (nSPS) is 9.80. The Kier molecular flexibility index (Phi) is 3.55. The fraction of sp³-hybridized carbons (Fsp3) is 0.182. The quantitative estimate of drug-likeness (QED) is 0.702. The standard InChI is InChI=1S/C11H11F2NO/c1-3-7-14(2)11(15)8-5-4-6-9(12)10(8)13/h3-6H,1,7H2,2H3. The molecular formula is C11H11F2NO. The van der Waals surface area contributed by atoms with Gasteiger partial charge in [0.05, 0.1) is 5.56 Å². The van der Waals surface area contributed by atoms with Gasteiger partial charge < -0.3 is 4.90 Å². The minimum atomic E-state index is -1.11. The maximum absolute atomic E-state index is 13.2.